The maximum absolute atomic E-state index is 11.9. The predicted octanol–water partition coefficient (Wildman–Crippen LogP) is 6.56. The summed E-state index contributed by atoms with van der Waals surface area (Å²) in [6.07, 6.45) is 8.93. The van der Waals surface area contributed by atoms with Crippen LogP contribution in [0.1, 0.15) is 82.3 Å². The molecule has 1 saturated carbocycles. The molecule has 2 aromatic rings. The largest absolute Gasteiger partial charge is 0.370 e. The summed E-state index contributed by atoms with van der Waals surface area (Å²) in [6, 6.07) is 14.7. The van der Waals surface area contributed by atoms with E-state index in [1.807, 2.05) is 18.2 Å². The van der Waals surface area contributed by atoms with Crippen molar-refractivity contribution >= 4 is 40.8 Å². The topological polar surface area (TPSA) is 82.8 Å². The number of guanidine groups is 1. The molecule has 1 aliphatic heterocycles. The maximum atomic E-state index is 11.9. The van der Waals surface area contributed by atoms with E-state index in [1.54, 1.807) is 12.1 Å². The van der Waals surface area contributed by atoms with Crippen molar-refractivity contribution in [3.63, 3.8) is 0 Å². The Labute approximate surface area is 237 Å². The van der Waals surface area contributed by atoms with E-state index in [2.05, 4.69) is 41.5 Å². The molecular formula is C30H41Cl2N5O. The number of piperazine rings is 1. The molecule has 0 radical (unpaired) electrons. The second kappa shape index (κ2) is 13.7. The number of hydrogen-bond acceptors (Lipinski definition) is 3. The van der Waals surface area contributed by atoms with Crippen molar-refractivity contribution in [3.05, 3.63) is 63.6 Å². The molecule has 2 aliphatic rings. The molecule has 3 atom stereocenters. The number of primary amides is 1. The molecule has 206 valence electrons. The quantitative estimate of drug-likeness (QED) is 0.277. The lowest BCUT2D eigenvalue weighted by Gasteiger charge is -2.38. The number of halogens is 2. The SMILES string of the molecule is CC1CN(/C(=N\C2CCCCCCC2)Nc2ccc(C(CC(N)=O)c3ccc(Cl)cc3Cl)cc2)CC(C)N1. The Balaban J connectivity index is 1.58. The lowest BCUT2D eigenvalue weighted by atomic mass is 9.88. The standard InChI is InChI=1S/C30H41Cl2N5O/c1-20-18-37(19-21(2)34-20)30(35-24-8-6-4-3-5-7-9-24)36-25-13-10-22(11-14-25)27(17-29(33)38)26-15-12-23(31)16-28(26)32/h10-16,20-21,24,27,34H,3-9,17-19H2,1-2H3,(H2,33,38)(H,35,36). The molecule has 1 heterocycles. The van der Waals surface area contributed by atoms with E-state index < -0.39 is 0 Å². The summed E-state index contributed by atoms with van der Waals surface area (Å²) in [6.45, 7) is 6.28. The summed E-state index contributed by atoms with van der Waals surface area (Å²) >= 11 is 12.6. The minimum absolute atomic E-state index is 0.166. The molecule has 1 amide bonds. The van der Waals surface area contributed by atoms with Gasteiger partial charge >= 0.3 is 0 Å². The molecule has 3 unspecified atom stereocenters. The second-order valence-electron chi connectivity index (χ2n) is 11.0. The molecule has 38 heavy (non-hydrogen) atoms. The minimum Gasteiger partial charge on any atom is -0.370 e. The third kappa shape index (κ3) is 8.11. The number of nitrogens with zero attached hydrogens (tertiary/aromatic N) is 2. The highest BCUT2D eigenvalue weighted by atomic mass is 35.5. The van der Waals surface area contributed by atoms with Gasteiger partial charge in [-0.05, 0) is 62.1 Å². The van der Waals surface area contributed by atoms with Gasteiger partial charge < -0.3 is 21.3 Å². The molecule has 2 aromatic carbocycles. The number of nitrogens with one attached hydrogen (secondary N) is 2. The van der Waals surface area contributed by atoms with E-state index >= 15 is 0 Å². The fraction of sp³-hybridized carbons (Fsp3) is 0.533. The number of rotatable bonds is 6. The van der Waals surface area contributed by atoms with Crippen molar-refractivity contribution in [2.24, 2.45) is 10.7 Å². The van der Waals surface area contributed by atoms with Crippen LogP contribution in [0.4, 0.5) is 5.69 Å². The Bertz CT molecular complexity index is 1090. The number of amides is 1. The monoisotopic (exact) mass is 557 g/mol. The molecular weight excluding hydrogens is 517 g/mol. The van der Waals surface area contributed by atoms with Gasteiger partial charge in [-0.3, -0.25) is 4.79 Å². The van der Waals surface area contributed by atoms with Gasteiger partial charge in [0.1, 0.15) is 0 Å². The highest BCUT2D eigenvalue weighted by molar-refractivity contribution is 6.35. The zero-order valence-corrected chi connectivity index (χ0v) is 24.1. The first-order chi connectivity index (χ1) is 18.3. The first-order valence-electron chi connectivity index (χ1n) is 14.0. The van der Waals surface area contributed by atoms with Gasteiger partial charge in [0.15, 0.2) is 5.96 Å². The van der Waals surface area contributed by atoms with Crippen LogP contribution in [0.2, 0.25) is 10.0 Å². The summed E-state index contributed by atoms with van der Waals surface area (Å²) in [5.74, 6) is 0.334. The first-order valence-corrected chi connectivity index (χ1v) is 14.7. The third-order valence-corrected chi connectivity index (χ3v) is 8.11. The van der Waals surface area contributed by atoms with E-state index in [4.69, 9.17) is 33.9 Å². The van der Waals surface area contributed by atoms with Crippen molar-refractivity contribution in [2.45, 2.75) is 89.3 Å². The van der Waals surface area contributed by atoms with Crippen molar-refractivity contribution in [1.82, 2.24) is 10.2 Å². The number of hydrogen-bond donors (Lipinski definition) is 3. The predicted molar refractivity (Wildman–Crippen MR) is 159 cm³/mol. The van der Waals surface area contributed by atoms with E-state index in [0.29, 0.717) is 28.2 Å². The van der Waals surface area contributed by atoms with Gasteiger partial charge in [-0.2, -0.15) is 0 Å². The van der Waals surface area contributed by atoms with Crippen LogP contribution in [-0.4, -0.2) is 48.0 Å². The average Bonchev–Trinajstić information content (AvgIpc) is 2.84. The summed E-state index contributed by atoms with van der Waals surface area (Å²) in [7, 11) is 0. The van der Waals surface area contributed by atoms with Crippen LogP contribution >= 0.6 is 23.2 Å². The van der Waals surface area contributed by atoms with Crippen molar-refractivity contribution in [2.75, 3.05) is 18.4 Å². The highest BCUT2D eigenvalue weighted by Crippen LogP contribution is 2.35. The molecule has 6 nitrogen and oxygen atoms in total. The molecule has 0 aromatic heterocycles. The zero-order valence-electron chi connectivity index (χ0n) is 22.6. The van der Waals surface area contributed by atoms with Crippen LogP contribution < -0.4 is 16.4 Å². The number of nitrogens with two attached hydrogens (primary N) is 1. The molecule has 2 fully saturated rings. The fourth-order valence-corrected chi connectivity index (χ4v) is 6.29. The zero-order chi connectivity index (χ0) is 27.1. The number of carbonyl (C=O) groups excluding carboxylic acids is 1. The van der Waals surface area contributed by atoms with Crippen LogP contribution in [0.5, 0.6) is 0 Å². The van der Waals surface area contributed by atoms with Gasteiger partial charge in [0.25, 0.3) is 0 Å². The fourth-order valence-electron chi connectivity index (χ4n) is 5.75. The number of anilines is 1. The van der Waals surface area contributed by atoms with Gasteiger partial charge in [0, 0.05) is 53.2 Å². The van der Waals surface area contributed by atoms with Crippen molar-refractivity contribution < 1.29 is 4.79 Å². The minimum atomic E-state index is -0.376. The Morgan fingerprint density at radius 1 is 1.03 bits per heavy atom. The van der Waals surface area contributed by atoms with E-state index in [1.165, 1.54) is 32.1 Å². The summed E-state index contributed by atoms with van der Waals surface area (Å²) in [5, 5.41) is 8.37. The molecule has 0 bridgehead atoms. The molecule has 8 heteroatoms. The maximum Gasteiger partial charge on any atom is 0.218 e. The number of carbonyl (C=O) groups is 1. The van der Waals surface area contributed by atoms with Gasteiger partial charge in [-0.25, -0.2) is 4.99 Å². The van der Waals surface area contributed by atoms with Gasteiger partial charge in [0.05, 0.1) is 6.04 Å². The Hall–Kier alpha value is -2.28. The number of benzene rings is 2. The molecule has 0 spiro atoms. The van der Waals surface area contributed by atoms with Gasteiger partial charge in [-0.15, -0.1) is 0 Å². The molecule has 1 saturated heterocycles. The Kier molecular flexibility index (Phi) is 10.3. The third-order valence-electron chi connectivity index (χ3n) is 7.55. The second-order valence-corrected chi connectivity index (χ2v) is 11.8. The van der Waals surface area contributed by atoms with Crippen LogP contribution in [0.15, 0.2) is 47.5 Å². The summed E-state index contributed by atoms with van der Waals surface area (Å²) < 4.78 is 0. The highest BCUT2D eigenvalue weighted by Gasteiger charge is 2.25. The Morgan fingerprint density at radius 2 is 1.66 bits per heavy atom. The van der Waals surface area contributed by atoms with E-state index in [0.717, 1.165) is 48.7 Å². The molecule has 4 N–H and O–H groups in total. The smallest absolute Gasteiger partial charge is 0.218 e. The average molecular weight is 559 g/mol. The van der Waals surface area contributed by atoms with Gasteiger partial charge in [0.2, 0.25) is 5.91 Å². The van der Waals surface area contributed by atoms with Crippen LogP contribution in [0.3, 0.4) is 0 Å². The van der Waals surface area contributed by atoms with Crippen molar-refractivity contribution in [3.8, 4) is 0 Å². The van der Waals surface area contributed by atoms with E-state index in [9.17, 15) is 4.79 Å². The molecule has 1 aliphatic carbocycles. The summed E-state index contributed by atoms with van der Waals surface area (Å²) in [5.41, 5.74) is 8.39. The Morgan fingerprint density at radius 3 is 2.26 bits per heavy atom. The van der Waals surface area contributed by atoms with Crippen molar-refractivity contribution in [1.29, 1.82) is 0 Å². The van der Waals surface area contributed by atoms with Gasteiger partial charge in [-0.1, -0.05) is 73.5 Å². The van der Waals surface area contributed by atoms with E-state index in [-0.39, 0.29) is 18.2 Å². The lowest BCUT2D eigenvalue weighted by molar-refractivity contribution is -0.118. The normalized spacial score (nSPS) is 22.4. The molecule has 4 rings (SSSR count). The summed E-state index contributed by atoms with van der Waals surface area (Å²) in [4.78, 5) is 19.6. The first kappa shape index (κ1) is 28.7. The van der Waals surface area contributed by atoms with Crippen LogP contribution in [-0.2, 0) is 4.79 Å². The number of aliphatic imine (C=N–C) groups is 1. The lowest BCUT2D eigenvalue weighted by Crippen LogP contribution is -2.57. The van der Waals surface area contributed by atoms with Crippen LogP contribution in [0, 0.1) is 0 Å². The van der Waals surface area contributed by atoms with Crippen LogP contribution in [0.25, 0.3) is 0 Å².